The lowest BCUT2D eigenvalue weighted by atomic mass is 9.86. The highest BCUT2D eigenvalue weighted by atomic mass is 16.7. The molecule has 0 spiro atoms. The molecule has 1 rings (SSSR count). The number of hydrogen-bond donors (Lipinski definition) is 0. The SMILES string of the molecule is CON(C)C(=O)[C@H]1CN(C(=O)OC(C)(C)C)CCC1C. The van der Waals surface area contributed by atoms with Gasteiger partial charge in [-0.25, -0.2) is 9.86 Å². The van der Waals surface area contributed by atoms with Gasteiger partial charge < -0.3 is 9.64 Å². The molecule has 1 heterocycles. The minimum atomic E-state index is -0.525. The Balaban J connectivity index is 2.70. The van der Waals surface area contributed by atoms with E-state index in [1.54, 1.807) is 11.9 Å². The highest BCUT2D eigenvalue weighted by Gasteiger charge is 2.36. The van der Waals surface area contributed by atoms with Gasteiger partial charge in [-0.2, -0.15) is 0 Å². The first kappa shape index (κ1) is 16.8. The number of ether oxygens (including phenoxy) is 1. The van der Waals surface area contributed by atoms with Crippen molar-refractivity contribution in [3.05, 3.63) is 0 Å². The molecule has 6 heteroatoms. The molecule has 0 N–H and O–H groups in total. The average Bonchev–Trinajstić information content (AvgIpc) is 2.35. The third-order valence-electron chi connectivity index (χ3n) is 3.51. The van der Waals surface area contributed by atoms with Crippen LogP contribution in [0.3, 0.4) is 0 Å². The minimum Gasteiger partial charge on any atom is -0.444 e. The van der Waals surface area contributed by atoms with Crippen LogP contribution < -0.4 is 0 Å². The van der Waals surface area contributed by atoms with E-state index in [1.807, 2.05) is 27.7 Å². The highest BCUT2D eigenvalue weighted by molar-refractivity contribution is 5.79. The lowest BCUT2D eigenvalue weighted by Gasteiger charge is -2.37. The Morgan fingerprint density at radius 1 is 1.30 bits per heavy atom. The van der Waals surface area contributed by atoms with Gasteiger partial charge in [-0.15, -0.1) is 0 Å². The molecule has 1 aliphatic heterocycles. The minimum absolute atomic E-state index is 0.103. The number of likely N-dealkylation sites (tertiary alicyclic amines) is 1. The summed E-state index contributed by atoms with van der Waals surface area (Å²) in [7, 11) is 3.04. The van der Waals surface area contributed by atoms with Crippen LogP contribution in [0.2, 0.25) is 0 Å². The second-order valence-electron chi connectivity index (χ2n) is 6.32. The molecular weight excluding hydrogens is 260 g/mol. The van der Waals surface area contributed by atoms with Crippen LogP contribution >= 0.6 is 0 Å². The van der Waals surface area contributed by atoms with Crippen LogP contribution in [0.5, 0.6) is 0 Å². The Morgan fingerprint density at radius 2 is 1.90 bits per heavy atom. The molecule has 6 nitrogen and oxygen atoms in total. The van der Waals surface area contributed by atoms with Crippen LogP contribution in [0.4, 0.5) is 4.79 Å². The lowest BCUT2D eigenvalue weighted by Crippen LogP contribution is -2.50. The molecule has 2 amide bonds. The van der Waals surface area contributed by atoms with E-state index in [1.165, 1.54) is 12.2 Å². The number of carbonyl (C=O) groups excluding carboxylic acids is 2. The molecule has 0 aliphatic carbocycles. The summed E-state index contributed by atoms with van der Waals surface area (Å²) in [6.45, 7) is 8.52. The molecule has 2 atom stereocenters. The van der Waals surface area contributed by atoms with E-state index in [0.29, 0.717) is 13.1 Å². The van der Waals surface area contributed by atoms with Crippen molar-refractivity contribution in [3.8, 4) is 0 Å². The van der Waals surface area contributed by atoms with E-state index in [4.69, 9.17) is 9.57 Å². The zero-order chi connectivity index (χ0) is 15.5. The molecule has 0 aromatic heterocycles. The monoisotopic (exact) mass is 286 g/mol. The molecule has 0 aromatic rings. The number of amides is 2. The van der Waals surface area contributed by atoms with Crippen LogP contribution in [0.25, 0.3) is 0 Å². The van der Waals surface area contributed by atoms with Gasteiger partial charge in [-0.1, -0.05) is 6.92 Å². The molecule has 116 valence electrons. The Hall–Kier alpha value is -1.30. The summed E-state index contributed by atoms with van der Waals surface area (Å²) < 4.78 is 5.36. The molecular formula is C14H26N2O4. The van der Waals surface area contributed by atoms with Crippen LogP contribution in [-0.2, 0) is 14.4 Å². The van der Waals surface area contributed by atoms with Gasteiger partial charge in [-0.3, -0.25) is 9.63 Å². The van der Waals surface area contributed by atoms with Crippen molar-refractivity contribution in [2.75, 3.05) is 27.2 Å². The van der Waals surface area contributed by atoms with Crippen molar-refractivity contribution >= 4 is 12.0 Å². The van der Waals surface area contributed by atoms with E-state index in [0.717, 1.165) is 6.42 Å². The number of hydroxylamine groups is 2. The van der Waals surface area contributed by atoms with Crippen molar-refractivity contribution in [1.82, 2.24) is 9.96 Å². The summed E-state index contributed by atoms with van der Waals surface area (Å²) in [4.78, 5) is 30.8. The average molecular weight is 286 g/mol. The summed E-state index contributed by atoms with van der Waals surface area (Å²) in [5.41, 5.74) is -0.525. The number of carbonyl (C=O) groups is 2. The molecule has 1 fully saturated rings. The van der Waals surface area contributed by atoms with Gasteiger partial charge in [0.2, 0.25) is 0 Å². The third-order valence-corrected chi connectivity index (χ3v) is 3.51. The van der Waals surface area contributed by atoms with E-state index in [9.17, 15) is 9.59 Å². The maximum Gasteiger partial charge on any atom is 0.410 e. The van der Waals surface area contributed by atoms with Gasteiger partial charge in [0.05, 0.1) is 13.0 Å². The largest absolute Gasteiger partial charge is 0.444 e. The molecule has 1 aliphatic rings. The van der Waals surface area contributed by atoms with E-state index in [-0.39, 0.29) is 23.8 Å². The van der Waals surface area contributed by atoms with Crippen molar-refractivity contribution in [3.63, 3.8) is 0 Å². The van der Waals surface area contributed by atoms with Crippen LogP contribution in [0.1, 0.15) is 34.1 Å². The van der Waals surface area contributed by atoms with Crippen LogP contribution in [0, 0.1) is 11.8 Å². The topological polar surface area (TPSA) is 59.1 Å². The first-order valence-corrected chi connectivity index (χ1v) is 6.95. The van der Waals surface area contributed by atoms with E-state index in [2.05, 4.69) is 0 Å². The van der Waals surface area contributed by atoms with E-state index >= 15 is 0 Å². The fourth-order valence-electron chi connectivity index (χ4n) is 2.21. The fraction of sp³-hybridized carbons (Fsp3) is 0.857. The van der Waals surface area contributed by atoms with Gasteiger partial charge in [-0.05, 0) is 33.1 Å². The van der Waals surface area contributed by atoms with Crippen molar-refractivity contribution in [2.24, 2.45) is 11.8 Å². The summed E-state index contributed by atoms with van der Waals surface area (Å²) >= 11 is 0. The maximum absolute atomic E-state index is 12.2. The molecule has 0 radical (unpaired) electrons. The Labute approximate surface area is 121 Å². The Kier molecular flexibility index (Phi) is 5.39. The van der Waals surface area contributed by atoms with Crippen molar-refractivity contribution < 1.29 is 19.2 Å². The second-order valence-corrected chi connectivity index (χ2v) is 6.32. The summed E-state index contributed by atoms with van der Waals surface area (Å²) in [6.07, 6.45) is 0.426. The predicted molar refractivity (Wildman–Crippen MR) is 74.9 cm³/mol. The maximum atomic E-state index is 12.2. The molecule has 20 heavy (non-hydrogen) atoms. The number of hydrogen-bond acceptors (Lipinski definition) is 4. The summed E-state index contributed by atoms with van der Waals surface area (Å²) in [5, 5.41) is 1.22. The van der Waals surface area contributed by atoms with Gasteiger partial charge in [0, 0.05) is 20.1 Å². The van der Waals surface area contributed by atoms with Gasteiger partial charge >= 0.3 is 6.09 Å². The number of rotatable bonds is 2. The third kappa shape index (κ3) is 4.37. The first-order chi connectivity index (χ1) is 9.15. The fourth-order valence-corrected chi connectivity index (χ4v) is 2.21. The van der Waals surface area contributed by atoms with E-state index < -0.39 is 5.60 Å². The zero-order valence-electron chi connectivity index (χ0n) is 13.3. The zero-order valence-corrected chi connectivity index (χ0v) is 13.3. The standard InChI is InChI=1S/C14H26N2O4/c1-10-7-8-16(13(18)20-14(2,3)4)9-11(10)12(17)15(5)19-6/h10-11H,7-9H2,1-6H3/t10?,11-/m0/s1. The summed E-state index contributed by atoms with van der Waals surface area (Å²) in [6, 6.07) is 0. The van der Waals surface area contributed by atoms with Gasteiger partial charge in [0.15, 0.2) is 0 Å². The smallest absolute Gasteiger partial charge is 0.410 e. The quantitative estimate of drug-likeness (QED) is 0.727. The van der Waals surface area contributed by atoms with Gasteiger partial charge in [0.1, 0.15) is 5.60 Å². The van der Waals surface area contributed by atoms with Crippen molar-refractivity contribution in [2.45, 2.75) is 39.7 Å². The number of nitrogens with zero attached hydrogens (tertiary/aromatic N) is 2. The number of piperidine rings is 1. The predicted octanol–water partition coefficient (Wildman–Crippen LogP) is 1.90. The molecule has 0 bridgehead atoms. The van der Waals surface area contributed by atoms with Crippen LogP contribution in [-0.4, -0.2) is 54.8 Å². The summed E-state index contributed by atoms with van der Waals surface area (Å²) in [5.74, 6) is -0.131. The first-order valence-electron chi connectivity index (χ1n) is 6.95. The molecule has 1 saturated heterocycles. The molecule has 0 aromatic carbocycles. The Bertz CT molecular complexity index is 365. The molecule has 0 saturated carbocycles. The van der Waals surface area contributed by atoms with Gasteiger partial charge in [0.25, 0.3) is 5.91 Å². The molecule has 1 unspecified atom stereocenters. The van der Waals surface area contributed by atoms with Crippen molar-refractivity contribution in [1.29, 1.82) is 0 Å². The normalized spacial score (nSPS) is 23.4. The Morgan fingerprint density at radius 3 is 2.40 bits per heavy atom. The second kappa shape index (κ2) is 6.43. The van der Waals surface area contributed by atoms with Crippen LogP contribution in [0.15, 0.2) is 0 Å². The highest BCUT2D eigenvalue weighted by Crippen LogP contribution is 2.26. The lowest BCUT2D eigenvalue weighted by molar-refractivity contribution is -0.176.